The van der Waals surface area contributed by atoms with Gasteiger partial charge in [0.2, 0.25) is 0 Å². The Morgan fingerprint density at radius 1 is 0.302 bits per heavy atom. The molecule has 0 saturated heterocycles. The number of carbonyl (C=O) groups excluding carboxylic acids is 4. The van der Waals surface area contributed by atoms with E-state index in [1.807, 2.05) is 0 Å². The summed E-state index contributed by atoms with van der Waals surface area (Å²) < 4.78 is 68.5. The molecule has 17 nitrogen and oxygen atoms in total. The summed E-state index contributed by atoms with van der Waals surface area (Å²) in [4.78, 5) is 72.8. The molecule has 0 aromatic heterocycles. The normalized spacial score (nSPS) is 14.3. The molecule has 0 spiro atoms. The first-order valence-corrected chi connectivity index (χ1v) is 43.0. The third kappa shape index (κ3) is 69.2. The van der Waals surface area contributed by atoms with E-state index in [2.05, 4.69) is 41.5 Å². The Morgan fingerprint density at radius 3 is 0.792 bits per heavy atom. The topological polar surface area (TPSA) is 237 Å². The van der Waals surface area contributed by atoms with E-state index >= 15 is 0 Å². The molecule has 0 rings (SSSR count). The number of esters is 4. The van der Waals surface area contributed by atoms with E-state index in [1.54, 1.807) is 0 Å². The monoisotopic (exact) mass is 1410 g/mol. The fourth-order valence-electron chi connectivity index (χ4n) is 11.8. The minimum atomic E-state index is -4.96. The summed E-state index contributed by atoms with van der Waals surface area (Å²) in [6.07, 6.45) is 57.0. The van der Waals surface area contributed by atoms with Gasteiger partial charge in [0, 0.05) is 25.7 Å². The fraction of sp³-hybridized carbons (Fsp3) is 0.948. The highest BCUT2D eigenvalue weighted by molar-refractivity contribution is 7.47. The Labute approximate surface area is 588 Å². The van der Waals surface area contributed by atoms with Crippen LogP contribution >= 0.6 is 15.6 Å². The summed E-state index contributed by atoms with van der Waals surface area (Å²) in [5, 5.41) is 10.6. The van der Waals surface area contributed by atoms with E-state index in [-0.39, 0.29) is 25.7 Å². The van der Waals surface area contributed by atoms with Crippen molar-refractivity contribution in [2.24, 2.45) is 11.8 Å². The highest BCUT2D eigenvalue weighted by Crippen LogP contribution is 2.45. The lowest BCUT2D eigenvalue weighted by molar-refractivity contribution is -0.161. The van der Waals surface area contributed by atoms with Crippen molar-refractivity contribution in [3.63, 3.8) is 0 Å². The van der Waals surface area contributed by atoms with Gasteiger partial charge in [-0.05, 0) is 37.5 Å². The standard InChI is InChI=1S/C77H150O17P2/c1-7-10-12-14-16-18-20-21-22-23-24-25-26-27-28-29-33-38-42-50-56-62-77(82)93-72(65-87-74(79)59-53-47-40-36-34-30-32-35-39-45-51-57-69(4)5)67-91-95(83,84)89-63-71(78)64-90-96(85,86)92-68-73(66-88-75(80)60-54-48-44-43-46-52-58-70(6)9-3)94-76(81)61-55-49-41-37-31-19-17-15-13-11-8-2/h69-73,78H,7-68H2,1-6H3,(H,83,84)(H,85,86)/t70?,71-,72-,73-/m1/s1. The molecule has 0 heterocycles. The number of carbonyl (C=O) groups is 4. The number of rotatable bonds is 76. The third-order valence-corrected chi connectivity index (χ3v) is 20.2. The zero-order valence-electron chi connectivity index (χ0n) is 62.7. The Hall–Kier alpha value is -1.94. The summed E-state index contributed by atoms with van der Waals surface area (Å²) in [5.74, 6) is -0.614. The molecule has 0 aliphatic heterocycles. The molecule has 6 atom stereocenters. The van der Waals surface area contributed by atoms with Crippen LogP contribution in [0.3, 0.4) is 0 Å². The number of aliphatic hydroxyl groups excluding tert-OH is 1. The molecule has 3 unspecified atom stereocenters. The second-order valence-corrected chi connectivity index (χ2v) is 31.4. The number of ether oxygens (including phenoxy) is 4. The average molecular weight is 1410 g/mol. The first-order chi connectivity index (χ1) is 46.4. The zero-order chi connectivity index (χ0) is 70.7. The second kappa shape index (κ2) is 68.8. The maximum Gasteiger partial charge on any atom is 0.472 e. The van der Waals surface area contributed by atoms with E-state index < -0.39 is 97.5 Å². The van der Waals surface area contributed by atoms with E-state index in [0.717, 1.165) is 108 Å². The molecule has 0 aliphatic rings. The van der Waals surface area contributed by atoms with Crippen LogP contribution in [0.2, 0.25) is 0 Å². The zero-order valence-corrected chi connectivity index (χ0v) is 64.5. The predicted molar refractivity (Wildman–Crippen MR) is 391 cm³/mol. The highest BCUT2D eigenvalue weighted by atomic mass is 31.2. The van der Waals surface area contributed by atoms with E-state index in [4.69, 9.17) is 37.0 Å². The van der Waals surface area contributed by atoms with Gasteiger partial charge in [0.25, 0.3) is 0 Å². The van der Waals surface area contributed by atoms with Crippen molar-refractivity contribution in [1.82, 2.24) is 0 Å². The average Bonchev–Trinajstić information content (AvgIpc) is 1.33. The summed E-state index contributed by atoms with van der Waals surface area (Å²) in [6.45, 7) is 9.56. The molecule has 0 aromatic rings. The predicted octanol–water partition coefficient (Wildman–Crippen LogP) is 22.7. The van der Waals surface area contributed by atoms with Gasteiger partial charge in [-0.3, -0.25) is 37.3 Å². The molecule has 0 aliphatic carbocycles. The van der Waals surface area contributed by atoms with Gasteiger partial charge in [-0.1, -0.05) is 350 Å². The van der Waals surface area contributed by atoms with Crippen molar-refractivity contribution in [2.45, 2.75) is 419 Å². The molecule has 0 aromatic carbocycles. The molecular formula is C77H150O17P2. The largest absolute Gasteiger partial charge is 0.472 e. The number of phosphoric acid groups is 2. The summed E-state index contributed by atoms with van der Waals surface area (Å²) in [7, 11) is -9.91. The van der Waals surface area contributed by atoms with Gasteiger partial charge in [-0.15, -0.1) is 0 Å². The Bertz CT molecular complexity index is 1860. The Kier molecular flexibility index (Phi) is 67.4. The van der Waals surface area contributed by atoms with Crippen molar-refractivity contribution in [1.29, 1.82) is 0 Å². The molecule has 0 fully saturated rings. The van der Waals surface area contributed by atoms with Gasteiger partial charge < -0.3 is 33.8 Å². The molecule has 0 amide bonds. The number of unbranched alkanes of at least 4 members (excludes halogenated alkanes) is 45. The van der Waals surface area contributed by atoms with E-state index in [0.29, 0.717) is 25.7 Å². The van der Waals surface area contributed by atoms with Gasteiger partial charge in [0.05, 0.1) is 26.4 Å². The lowest BCUT2D eigenvalue weighted by Crippen LogP contribution is -2.30. The smallest absolute Gasteiger partial charge is 0.462 e. The molecule has 0 radical (unpaired) electrons. The fourth-order valence-corrected chi connectivity index (χ4v) is 13.4. The minimum Gasteiger partial charge on any atom is -0.462 e. The number of hydrogen-bond acceptors (Lipinski definition) is 15. The quantitative estimate of drug-likeness (QED) is 0.0222. The summed E-state index contributed by atoms with van der Waals surface area (Å²) >= 11 is 0. The summed E-state index contributed by atoms with van der Waals surface area (Å²) in [5.41, 5.74) is 0. The molecule has 0 bridgehead atoms. The maximum absolute atomic E-state index is 13.1. The first kappa shape index (κ1) is 94.1. The van der Waals surface area contributed by atoms with Gasteiger partial charge in [-0.25, -0.2) is 9.13 Å². The minimum absolute atomic E-state index is 0.106. The lowest BCUT2D eigenvalue weighted by atomic mass is 10.00. The van der Waals surface area contributed by atoms with Gasteiger partial charge in [0.1, 0.15) is 19.3 Å². The van der Waals surface area contributed by atoms with Crippen LogP contribution in [0.1, 0.15) is 401 Å². The lowest BCUT2D eigenvalue weighted by Gasteiger charge is -2.21. The van der Waals surface area contributed by atoms with Crippen LogP contribution < -0.4 is 0 Å². The van der Waals surface area contributed by atoms with Crippen LogP contribution in [0.15, 0.2) is 0 Å². The highest BCUT2D eigenvalue weighted by Gasteiger charge is 2.30. The van der Waals surface area contributed by atoms with Crippen LogP contribution in [0, 0.1) is 11.8 Å². The molecule has 570 valence electrons. The number of hydrogen-bond donors (Lipinski definition) is 3. The van der Waals surface area contributed by atoms with Crippen molar-refractivity contribution >= 4 is 39.5 Å². The molecule has 0 saturated carbocycles. The second-order valence-electron chi connectivity index (χ2n) is 28.5. The molecule has 19 heteroatoms. The first-order valence-electron chi connectivity index (χ1n) is 40.0. The van der Waals surface area contributed by atoms with Crippen molar-refractivity contribution in [3.05, 3.63) is 0 Å². The van der Waals surface area contributed by atoms with Gasteiger partial charge >= 0.3 is 39.5 Å². The van der Waals surface area contributed by atoms with Crippen molar-refractivity contribution in [2.75, 3.05) is 39.6 Å². The Balaban J connectivity index is 5.20. The van der Waals surface area contributed by atoms with Crippen molar-refractivity contribution < 1.29 is 80.2 Å². The molecule has 96 heavy (non-hydrogen) atoms. The van der Waals surface area contributed by atoms with Crippen LogP contribution in [0.25, 0.3) is 0 Å². The maximum atomic E-state index is 13.1. The van der Waals surface area contributed by atoms with Crippen LogP contribution in [0.4, 0.5) is 0 Å². The van der Waals surface area contributed by atoms with Gasteiger partial charge in [-0.2, -0.15) is 0 Å². The van der Waals surface area contributed by atoms with Crippen LogP contribution in [0.5, 0.6) is 0 Å². The molecule has 3 N–H and O–H groups in total. The Morgan fingerprint density at radius 2 is 0.531 bits per heavy atom. The summed E-state index contributed by atoms with van der Waals surface area (Å²) in [6, 6.07) is 0. The number of aliphatic hydroxyl groups is 1. The molecular weight excluding hydrogens is 1260 g/mol. The third-order valence-electron chi connectivity index (χ3n) is 18.3. The van der Waals surface area contributed by atoms with Crippen molar-refractivity contribution in [3.8, 4) is 0 Å². The van der Waals surface area contributed by atoms with Gasteiger partial charge in [0.15, 0.2) is 12.2 Å². The SMILES string of the molecule is CCCCCCCCCCCCCCCCCCCCCCCC(=O)O[C@H](COC(=O)CCCCCCCCCCCCCC(C)C)COP(=O)(O)OC[C@@H](O)COP(=O)(O)OC[C@@H](COC(=O)CCCCCCCCC(C)CC)OC(=O)CCCCCCCCCCCCC. The number of phosphoric ester groups is 2. The van der Waals surface area contributed by atoms with E-state index in [1.165, 1.54) is 212 Å². The van der Waals surface area contributed by atoms with Crippen LogP contribution in [-0.2, 0) is 65.4 Å². The van der Waals surface area contributed by atoms with Crippen LogP contribution in [-0.4, -0.2) is 96.7 Å². The van der Waals surface area contributed by atoms with E-state index in [9.17, 15) is 43.2 Å².